The summed E-state index contributed by atoms with van der Waals surface area (Å²) in [4.78, 5) is 13.8. The van der Waals surface area contributed by atoms with Crippen molar-refractivity contribution < 1.29 is 13.2 Å². The molecule has 1 N–H and O–H groups in total. The van der Waals surface area contributed by atoms with Crippen LogP contribution in [0, 0.1) is 0 Å². The molecule has 0 saturated carbocycles. The maximum atomic E-state index is 12.3. The second-order valence-corrected chi connectivity index (χ2v) is 7.33. The molecule has 8 heteroatoms. The lowest BCUT2D eigenvalue weighted by Gasteiger charge is -2.18. The number of sulfone groups is 1. The third-order valence-electron chi connectivity index (χ3n) is 3.28. The van der Waals surface area contributed by atoms with Gasteiger partial charge in [0.15, 0.2) is 15.5 Å². The van der Waals surface area contributed by atoms with Gasteiger partial charge in [-0.15, -0.1) is 10.2 Å². The normalized spacial score (nSPS) is 18.0. The lowest BCUT2D eigenvalue weighted by atomic mass is 10.3. The van der Waals surface area contributed by atoms with Gasteiger partial charge in [0.1, 0.15) is 5.82 Å². The molecule has 7 nitrogen and oxygen atoms in total. The van der Waals surface area contributed by atoms with Crippen LogP contribution in [0.5, 0.6) is 0 Å². The predicted molar refractivity (Wildman–Crippen MR) is 80.0 cm³/mol. The van der Waals surface area contributed by atoms with Crippen LogP contribution in [0.25, 0.3) is 0 Å². The van der Waals surface area contributed by atoms with Crippen molar-refractivity contribution in [2.75, 3.05) is 36.5 Å². The summed E-state index contributed by atoms with van der Waals surface area (Å²) in [5.74, 6) is 0.526. The van der Waals surface area contributed by atoms with Crippen molar-refractivity contribution in [1.29, 1.82) is 0 Å². The second-order valence-electron chi connectivity index (χ2n) is 5.03. The Bertz CT molecular complexity index is 586. The number of aromatic nitrogens is 2. The zero-order valence-corrected chi connectivity index (χ0v) is 12.9. The van der Waals surface area contributed by atoms with Gasteiger partial charge in [0.25, 0.3) is 5.91 Å². The highest BCUT2D eigenvalue weighted by molar-refractivity contribution is 7.91. The molecule has 2 heterocycles. The molecule has 0 spiro atoms. The van der Waals surface area contributed by atoms with Crippen LogP contribution in [0.1, 0.15) is 30.3 Å². The monoisotopic (exact) mass is 312 g/mol. The van der Waals surface area contributed by atoms with Crippen molar-refractivity contribution in [1.82, 2.24) is 15.1 Å². The third kappa shape index (κ3) is 4.38. The first-order chi connectivity index (χ1) is 10.0. The largest absolute Gasteiger partial charge is 0.369 e. The Kier molecular flexibility index (Phi) is 5.11. The second kappa shape index (κ2) is 6.84. The van der Waals surface area contributed by atoms with E-state index < -0.39 is 9.84 Å². The molecule has 2 rings (SSSR count). The molecule has 1 fully saturated rings. The summed E-state index contributed by atoms with van der Waals surface area (Å²) < 4.78 is 23.1. The summed E-state index contributed by atoms with van der Waals surface area (Å²) in [6.07, 6.45) is 1.45. The molecule has 0 aliphatic carbocycles. The number of anilines is 1. The first-order valence-electron chi connectivity index (χ1n) is 7.09. The number of hydrogen-bond acceptors (Lipinski definition) is 6. The fraction of sp³-hybridized carbons (Fsp3) is 0.615. The molecule has 0 atom stereocenters. The fourth-order valence-electron chi connectivity index (χ4n) is 2.10. The lowest BCUT2D eigenvalue weighted by molar-refractivity contribution is 0.0761. The van der Waals surface area contributed by atoms with Crippen LogP contribution in [0.2, 0.25) is 0 Å². The molecular formula is C13H20N4O3S. The van der Waals surface area contributed by atoms with Gasteiger partial charge in [-0.05, 0) is 25.0 Å². The Morgan fingerprint density at radius 2 is 2.10 bits per heavy atom. The molecule has 1 aromatic rings. The van der Waals surface area contributed by atoms with Crippen molar-refractivity contribution in [2.45, 2.75) is 19.8 Å². The van der Waals surface area contributed by atoms with Crippen molar-refractivity contribution in [3.63, 3.8) is 0 Å². The molecule has 116 valence electrons. The van der Waals surface area contributed by atoms with E-state index in [0.29, 0.717) is 18.8 Å². The van der Waals surface area contributed by atoms with Crippen molar-refractivity contribution in [3.05, 3.63) is 17.8 Å². The Morgan fingerprint density at radius 3 is 2.76 bits per heavy atom. The van der Waals surface area contributed by atoms with Gasteiger partial charge in [0.05, 0.1) is 11.5 Å². The number of amides is 1. The Hall–Kier alpha value is -1.70. The van der Waals surface area contributed by atoms with Gasteiger partial charge in [-0.1, -0.05) is 6.92 Å². The van der Waals surface area contributed by atoms with Crippen molar-refractivity contribution in [2.24, 2.45) is 0 Å². The molecule has 0 aromatic carbocycles. The predicted octanol–water partition coefficient (Wildman–Crippen LogP) is 0.559. The van der Waals surface area contributed by atoms with Crippen LogP contribution in [-0.2, 0) is 9.84 Å². The number of nitrogens with one attached hydrogen (secondary N) is 1. The number of carbonyl (C=O) groups is 1. The quantitative estimate of drug-likeness (QED) is 0.873. The topological polar surface area (TPSA) is 92.3 Å². The highest BCUT2D eigenvalue weighted by Crippen LogP contribution is 2.10. The van der Waals surface area contributed by atoms with Crippen molar-refractivity contribution in [3.8, 4) is 0 Å². The number of nitrogens with zero attached hydrogens (tertiary/aromatic N) is 3. The zero-order valence-electron chi connectivity index (χ0n) is 12.1. The summed E-state index contributed by atoms with van der Waals surface area (Å²) in [5.41, 5.74) is 0.247. The summed E-state index contributed by atoms with van der Waals surface area (Å²) in [6.45, 7) is 3.51. The van der Waals surface area contributed by atoms with E-state index in [0.717, 1.165) is 13.0 Å². The van der Waals surface area contributed by atoms with E-state index in [1.54, 1.807) is 12.1 Å². The Balaban J connectivity index is 2.02. The fourth-order valence-corrected chi connectivity index (χ4v) is 3.37. The van der Waals surface area contributed by atoms with Crippen LogP contribution >= 0.6 is 0 Å². The van der Waals surface area contributed by atoms with Crippen LogP contribution < -0.4 is 5.32 Å². The smallest absolute Gasteiger partial charge is 0.274 e. The van der Waals surface area contributed by atoms with E-state index in [1.807, 2.05) is 6.92 Å². The number of rotatable bonds is 4. The maximum Gasteiger partial charge on any atom is 0.274 e. The van der Waals surface area contributed by atoms with E-state index >= 15 is 0 Å². The van der Waals surface area contributed by atoms with Gasteiger partial charge in [0.2, 0.25) is 0 Å². The Morgan fingerprint density at radius 1 is 1.29 bits per heavy atom. The van der Waals surface area contributed by atoms with E-state index in [1.165, 1.54) is 4.90 Å². The number of carbonyl (C=O) groups excluding carboxylic acids is 1. The van der Waals surface area contributed by atoms with E-state index in [-0.39, 0.29) is 29.7 Å². The van der Waals surface area contributed by atoms with Gasteiger partial charge in [-0.25, -0.2) is 8.42 Å². The molecule has 0 radical (unpaired) electrons. The van der Waals surface area contributed by atoms with Crippen LogP contribution in [0.4, 0.5) is 5.82 Å². The average molecular weight is 312 g/mol. The van der Waals surface area contributed by atoms with Crippen LogP contribution in [0.3, 0.4) is 0 Å². The minimum atomic E-state index is -3.02. The molecule has 1 amide bonds. The van der Waals surface area contributed by atoms with Gasteiger partial charge in [0, 0.05) is 19.6 Å². The summed E-state index contributed by atoms with van der Waals surface area (Å²) >= 11 is 0. The number of hydrogen-bond donors (Lipinski definition) is 1. The molecule has 1 aliphatic rings. The van der Waals surface area contributed by atoms with E-state index in [4.69, 9.17) is 0 Å². The van der Waals surface area contributed by atoms with Crippen LogP contribution in [-0.4, -0.2) is 60.6 Å². The summed E-state index contributed by atoms with van der Waals surface area (Å²) in [6, 6.07) is 3.33. The van der Waals surface area contributed by atoms with E-state index in [2.05, 4.69) is 15.5 Å². The molecule has 1 saturated heterocycles. The zero-order chi connectivity index (χ0) is 15.3. The van der Waals surface area contributed by atoms with Gasteiger partial charge >= 0.3 is 0 Å². The first kappa shape index (κ1) is 15.7. The standard InChI is InChI=1S/C13H20N4O3S/c1-2-6-14-12-5-4-11(15-16-12)13(18)17-7-3-9-21(19,20)10-8-17/h4-5H,2-3,6-10H2,1H3,(H,14,16). The average Bonchev–Trinajstić information content (AvgIpc) is 2.66. The first-order valence-corrected chi connectivity index (χ1v) is 8.91. The van der Waals surface area contributed by atoms with Gasteiger partial charge < -0.3 is 10.2 Å². The molecule has 0 bridgehead atoms. The highest BCUT2D eigenvalue weighted by Gasteiger charge is 2.24. The maximum absolute atomic E-state index is 12.3. The molecule has 21 heavy (non-hydrogen) atoms. The van der Waals surface area contributed by atoms with E-state index in [9.17, 15) is 13.2 Å². The lowest BCUT2D eigenvalue weighted by Crippen LogP contribution is -2.34. The molecule has 0 unspecified atom stereocenters. The third-order valence-corrected chi connectivity index (χ3v) is 5.00. The van der Waals surface area contributed by atoms with Gasteiger partial charge in [-0.2, -0.15) is 0 Å². The highest BCUT2D eigenvalue weighted by atomic mass is 32.2. The molecule has 1 aromatic heterocycles. The summed E-state index contributed by atoms with van der Waals surface area (Å²) in [5, 5.41) is 11.0. The summed E-state index contributed by atoms with van der Waals surface area (Å²) in [7, 11) is -3.02. The molecule has 1 aliphatic heterocycles. The Labute approximate surface area is 124 Å². The minimum Gasteiger partial charge on any atom is -0.369 e. The SMILES string of the molecule is CCCNc1ccc(C(=O)N2CCCS(=O)(=O)CC2)nn1. The van der Waals surface area contributed by atoms with Crippen molar-refractivity contribution >= 4 is 21.6 Å². The molecular weight excluding hydrogens is 292 g/mol. The minimum absolute atomic E-state index is 0.0162. The van der Waals surface area contributed by atoms with Crippen LogP contribution in [0.15, 0.2) is 12.1 Å². The van der Waals surface area contributed by atoms with Gasteiger partial charge in [-0.3, -0.25) is 4.79 Å².